The molecule has 2 unspecified atom stereocenters. The third-order valence-electron chi connectivity index (χ3n) is 6.15. The van der Waals surface area contributed by atoms with Crippen molar-refractivity contribution < 1.29 is 4.39 Å². The molecule has 1 nitrogen and oxygen atoms in total. The molecule has 0 bridgehead atoms. The molecule has 0 aromatic heterocycles. The molecule has 0 amide bonds. The predicted molar refractivity (Wildman–Crippen MR) is 114 cm³/mol. The zero-order valence-corrected chi connectivity index (χ0v) is 16.4. The maximum absolute atomic E-state index is 14.9. The van der Waals surface area contributed by atoms with Crippen LogP contribution in [0.1, 0.15) is 49.3 Å². The SMILES string of the molecule is CCCCCC1Cc2ccc3cc(-c4ccc(C#N)cc4)ccc3c2CC1F. The Kier molecular flexibility index (Phi) is 5.44. The summed E-state index contributed by atoms with van der Waals surface area (Å²) in [4.78, 5) is 0. The van der Waals surface area contributed by atoms with Crippen LogP contribution in [0, 0.1) is 17.2 Å². The maximum atomic E-state index is 14.9. The molecule has 4 rings (SSSR count). The molecule has 28 heavy (non-hydrogen) atoms. The van der Waals surface area contributed by atoms with E-state index in [0.717, 1.165) is 35.8 Å². The number of hydrogen-bond donors (Lipinski definition) is 0. The highest BCUT2D eigenvalue weighted by atomic mass is 19.1. The Hall–Kier alpha value is -2.66. The number of halogens is 1. The van der Waals surface area contributed by atoms with Crippen LogP contribution in [-0.2, 0) is 12.8 Å². The van der Waals surface area contributed by atoms with E-state index in [-0.39, 0.29) is 5.92 Å². The van der Waals surface area contributed by atoms with E-state index >= 15 is 0 Å². The fraction of sp³-hybridized carbons (Fsp3) is 0.346. The molecule has 2 heteroatoms. The van der Waals surface area contributed by atoms with Gasteiger partial charge in [-0.25, -0.2) is 4.39 Å². The summed E-state index contributed by atoms with van der Waals surface area (Å²) in [6, 6.07) is 20.6. The second-order valence-electron chi connectivity index (χ2n) is 8.01. The molecule has 3 aromatic carbocycles. The van der Waals surface area contributed by atoms with Crippen molar-refractivity contribution >= 4 is 10.8 Å². The van der Waals surface area contributed by atoms with Crippen molar-refractivity contribution in [3.8, 4) is 17.2 Å². The molecule has 0 N–H and O–H groups in total. The van der Waals surface area contributed by atoms with Crippen molar-refractivity contribution in [2.75, 3.05) is 0 Å². The average molecular weight is 371 g/mol. The van der Waals surface area contributed by atoms with Gasteiger partial charge in [-0.3, -0.25) is 0 Å². The number of benzene rings is 3. The lowest BCUT2D eigenvalue weighted by Crippen LogP contribution is -2.27. The molecule has 1 aliphatic carbocycles. The first-order valence-electron chi connectivity index (χ1n) is 10.4. The van der Waals surface area contributed by atoms with E-state index in [1.54, 1.807) is 0 Å². The molecular weight excluding hydrogens is 345 g/mol. The summed E-state index contributed by atoms with van der Waals surface area (Å²) < 4.78 is 14.9. The van der Waals surface area contributed by atoms with E-state index in [1.165, 1.54) is 29.4 Å². The minimum atomic E-state index is -0.729. The summed E-state index contributed by atoms with van der Waals surface area (Å²) >= 11 is 0. The molecule has 0 aliphatic heterocycles. The predicted octanol–water partition coefficient (Wildman–Crippen LogP) is 7.01. The molecule has 0 heterocycles. The van der Waals surface area contributed by atoms with Gasteiger partial charge in [0.15, 0.2) is 0 Å². The zero-order valence-electron chi connectivity index (χ0n) is 16.4. The Morgan fingerprint density at radius 1 is 0.964 bits per heavy atom. The lowest BCUT2D eigenvalue weighted by molar-refractivity contribution is 0.199. The second-order valence-corrected chi connectivity index (χ2v) is 8.01. The Balaban J connectivity index is 1.63. The quantitative estimate of drug-likeness (QED) is 0.442. The summed E-state index contributed by atoms with van der Waals surface area (Å²) in [6.45, 7) is 2.20. The van der Waals surface area contributed by atoms with E-state index in [1.807, 2.05) is 24.3 Å². The van der Waals surface area contributed by atoms with Crippen molar-refractivity contribution in [2.24, 2.45) is 5.92 Å². The molecule has 1 aliphatic rings. The van der Waals surface area contributed by atoms with E-state index in [4.69, 9.17) is 5.26 Å². The number of hydrogen-bond acceptors (Lipinski definition) is 1. The standard InChI is InChI=1S/C26H26FN/c1-2-3-4-5-23-15-22-11-10-21-14-20(19-8-6-18(17-28)7-9-19)12-13-24(21)25(22)16-26(23)27/h6-14,23,26H,2-5,15-16H2,1H3. The van der Waals surface area contributed by atoms with Gasteiger partial charge in [0.1, 0.15) is 6.17 Å². The number of nitrogens with zero attached hydrogens (tertiary/aromatic N) is 1. The van der Waals surface area contributed by atoms with Crippen LogP contribution < -0.4 is 0 Å². The normalized spacial score (nSPS) is 18.6. The topological polar surface area (TPSA) is 23.8 Å². The number of unbranched alkanes of at least 4 members (excludes halogenated alkanes) is 2. The molecule has 0 saturated heterocycles. The number of nitriles is 1. The van der Waals surface area contributed by atoms with Gasteiger partial charge >= 0.3 is 0 Å². The molecule has 0 fully saturated rings. The first kappa shape index (κ1) is 18.7. The highest BCUT2D eigenvalue weighted by molar-refractivity contribution is 5.91. The first-order chi connectivity index (χ1) is 13.7. The highest BCUT2D eigenvalue weighted by Crippen LogP contribution is 2.36. The van der Waals surface area contributed by atoms with Crippen LogP contribution in [0.5, 0.6) is 0 Å². The van der Waals surface area contributed by atoms with Gasteiger partial charge in [0.25, 0.3) is 0 Å². The zero-order chi connectivity index (χ0) is 19.5. The van der Waals surface area contributed by atoms with Gasteiger partial charge < -0.3 is 0 Å². The Morgan fingerprint density at radius 3 is 2.50 bits per heavy atom. The largest absolute Gasteiger partial charge is 0.247 e. The van der Waals surface area contributed by atoms with Crippen LogP contribution in [0.4, 0.5) is 4.39 Å². The average Bonchev–Trinajstić information content (AvgIpc) is 2.74. The number of alkyl halides is 1. The van der Waals surface area contributed by atoms with Gasteiger partial charge in [0, 0.05) is 6.42 Å². The third kappa shape index (κ3) is 3.67. The van der Waals surface area contributed by atoms with Gasteiger partial charge in [-0.2, -0.15) is 5.26 Å². The van der Waals surface area contributed by atoms with Crippen molar-refractivity contribution in [2.45, 2.75) is 51.6 Å². The van der Waals surface area contributed by atoms with E-state index in [2.05, 4.69) is 43.3 Å². The minimum Gasteiger partial charge on any atom is -0.247 e. The monoisotopic (exact) mass is 371 g/mol. The van der Waals surface area contributed by atoms with Gasteiger partial charge in [0.2, 0.25) is 0 Å². The van der Waals surface area contributed by atoms with Crippen LogP contribution in [0.25, 0.3) is 21.9 Å². The van der Waals surface area contributed by atoms with Crippen LogP contribution in [0.3, 0.4) is 0 Å². The first-order valence-corrected chi connectivity index (χ1v) is 10.4. The van der Waals surface area contributed by atoms with E-state index < -0.39 is 6.17 Å². The van der Waals surface area contributed by atoms with Gasteiger partial charge in [-0.1, -0.05) is 62.6 Å². The fourth-order valence-corrected chi connectivity index (χ4v) is 4.50. The van der Waals surface area contributed by atoms with Crippen molar-refractivity contribution in [3.63, 3.8) is 0 Å². The fourth-order valence-electron chi connectivity index (χ4n) is 4.50. The van der Waals surface area contributed by atoms with Crippen LogP contribution >= 0.6 is 0 Å². The van der Waals surface area contributed by atoms with Gasteiger partial charge in [-0.05, 0) is 70.0 Å². The summed E-state index contributed by atoms with van der Waals surface area (Å²) in [7, 11) is 0. The molecule has 142 valence electrons. The lowest BCUT2D eigenvalue weighted by Gasteiger charge is -2.29. The van der Waals surface area contributed by atoms with E-state index in [0.29, 0.717) is 12.0 Å². The highest BCUT2D eigenvalue weighted by Gasteiger charge is 2.29. The second kappa shape index (κ2) is 8.15. The molecule has 0 radical (unpaired) electrons. The molecular formula is C26H26FN. The smallest absolute Gasteiger partial charge is 0.107 e. The summed E-state index contributed by atoms with van der Waals surface area (Å²) in [5, 5.41) is 11.3. The third-order valence-corrected chi connectivity index (χ3v) is 6.15. The van der Waals surface area contributed by atoms with Gasteiger partial charge in [0.05, 0.1) is 11.6 Å². The lowest BCUT2D eigenvalue weighted by atomic mass is 9.78. The summed E-state index contributed by atoms with van der Waals surface area (Å²) in [5.74, 6) is 0.175. The van der Waals surface area contributed by atoms with Crippen molar-refractivity contribution in [1.82, 2.24) is 0 Å². The summed E-state index contributed by atoms with van der Waals surface area (Å²) in [6.07, 6.45) is 5.21. The van der Waals surface area contributed by atoms with Crippen molar-refractivity contribution in [3.05, 3.63) is 71.3 Å². The van der Waals surface area contributed by atoms with Gasteiger partial charge in [-0.15, -0.1) is 0 Å². The summed E-state index contributed by atoms with van der Waals surface area (Å²) in [5.41, 5.74) is 5.41. The van der Waals surface area contributed by atoms with Crippen LogP contribution in [0.2, 0.25) is 0 Å². The van der Waals surface area contributed by atoms with Crippen molar-refractivity contribution in [1.29, 1.82) is 5.26 Å². The van der Waals surface area contributed by atoms with Crippen LogP contribution in [-0.4, -0.2) is 6.17 Å². The number of fused-ring (bicyclic) bond motifs is 3. The maximum Gasteiger partial charge on any atom is 0.107 e. The van der Waals surface area contributed by atoms with E-state index in [9.17, 15) is 4.39 Å². The molecule has 0 saturated carbocycles. The van der Waals surface area contributed by atoms with Crippen LogP contribution in [0.15, 0.2) is 54.6 Å². The molecule has 2 atom stereocenters. The molecule has 0 spiro atoms. The Bertz CT molecular complexity index is 1010. The number of rotatable bonds is 5. The molecule has 3 aromatic rings. The Labute approximate surface area is 166 Å². The minimum absolute atomic E-state index is 0.175. The Morgan fingerprint density at radius 2 is 1.75 bits per heavy atom.